The van der Waals surface area contributed by atoms with E-state index in [0.717, 1.165) is 9.79 Å². The Morgan fingerprint density at radius 2 is 1.09 bits per heavy atom. The molecule has 0 atom stereocenters. The van der Waals surface area contributed by atoms with Crippen LogP contribution in [-0.4, -0.2) is 9.85 Å². The molecular weight excluding hydrogens is 338 g/mol. The van der Waals surface area contributed by atoms with E-state index in [2.05, 4.69) is 0 Å². The molecule has 0 saturated heterocycles. The molecule has 0 spiro atoms. The van der Waals surface area contributed by atoms with Crippen molar-refractivity contribution in [1.29, 1.82) is 5.26 Å². The maximum absolute atomic E-state index is 10.5. The summed E-state index contributed by atoms with van der Waals surface area (Å²) in [6, 6.07) is 14.2. The molecule has 0 radical (unpaired) electrons. The van der Waals surface area contributed by atoms with Crippen molar-refractivity contribution in [3.05, 3.63) is 68.8 Å². The summed E-state index contributed by atoms with van der Waals surface area (Å²) >= 11 is 0. The van der Waals surface area contributed by atoms with Crippen molar-refractivity contribution in [3.63, 3.8) is 0 Å². The second-order valence-corrected chi connectivity index (χ2v) is 6.17. The lowest BCUT2D eigenvalue weighted by Crippen LogP contribution is -1.86. The van der Waals surface area contributed by atoms with E-state index in [1.165, 1.54) is 52.8 Å². The van der Waals surface area contributed by atoms with E-state index < -0.39 is 9.85 Å². The highest BCUT2D eigenvalue weighted by atomic mass is 33.1. The number of nitrogens with zero attached hydrogens (tertiary/aromatic N) is 3. The van der Waals surface area contributed by atoms with Crippen molar-refractivity contribution in [2.24, 2.45) is 0 Å². The molecule has 9 heteroatoms. The van der Waals surface area contributed by atoms with Gasteiger partial charge in [-0.25, -0.2) is 0 Å². The van der Waals surface area contributed by atoms with Crippen LogP contribution in [0.4, 0.5) is 11.4 Å². The minimum absolute atomic E-state index is 0.0506. The molecule has 0 aliphatic heterocycles. The Morgan fingerprint density at radius 3 is 1.30 bits per heavy atom. The molecule has 0 amide bonds. The molecule has 7 nitrogen and oxygen atoms in total. The van der Waals surface area contributed by atoms with E-state index in [1.807, 2.05) is 0 Å². The van der Waals surface area contributed by atoms with Crippen LogP contribution in [0.25, 0.3) is 0 Å². The highest BCUT2D eigenvalue weighted by Gasteiger charge is 2.06. The van der Waals surface area contributed by atoms with Crippen molar-refractivity contribution >= 4 is 33.0 Å². The minimum Gasteiger partial charge on any atom is -0.258 e. The van der Waals surface area contributed by atoms with Crippen LogP contribution >= 0.6 is 21.6 Å². The molecular formula is C14H11N3O4S2. The molecule has 0 bridgehead atoms. The van der Waals surface area contributed by atoms with Crippen molar-refractivity contribution < 1.29 is 9.85 Å². The average Bonchev–Trinajstić information content (AvgIpc) is 2.54. The van der Waals surface area contributed by atoms with Gasteiger partial charge in [0.2, 0.25) is 0 Å². The summed E-state index contributed by atoms with van der Waals surface area (Å²) in [6.07, 6.45) is 0. The first-order valence-corrected chi connectivity index (χ1v) is 8.27. The van der Waals surface area contributed by atoms with Gasteiger partial charge in [-0.15, -0.1) is 0 Å². The Morgan fingerprint density at radius 1 is 0.826 bits per heavy atom. The van der Waals surface area contributed by atoms with Crippen molar-refractivity contribution in [3.8, 4) is 6.07 Å². The van der Waals surface area contributed by atoms with E-state index in [1.54, 1.807) is 30.3 Å². The first-order chi connectivity index (χ1) is 11.0. The maximum Gasteiger partial charge on any atom is 0.269 e. The molecule has 0 aromatic heterocycles. The highest BCUT2D eigenvalue weighted by molar-refractivity contribution is 8.76. The number of benzene rings is 2. The van der Waals surface area contributed by atoms with Gasteiger partial charge in [-0.2, -0.15) is 5.26 Å². The summed E-state index contributed by atoms with van der Waals surface area (Å²) in [5.74, 6) is 0. The van der Waals surface area contributed by atoms with Crippen LogP contribution in [0.3, 0.4) is 0 Å². The van der Waals surface area contributed by atoms with Gasteiger partial charge in [-0.1, -0.05) is 21.6 Å². The maximum atomic E-state index is 10.5. The SMILES string of the molecule is CC#N.O=[N+]([O-])c1ccc(SSc2ccc([N+](=O)[O-])cc2)cc1. The zero-order chi connectivity index (χ0) is 17.2. The third-order valence-corrected chi connectivity index (χ3v) is 4.75. The Bertz CT molecular complexity index is 655. The van der Waals surface area contributed by atoms with E-state index in [9.17, 15) is 20.2 Å². The van der Waals surface area contributed by atoms with Gasteiger partial charge < -0.3 is 0 Å². The number of nitro benzene ring substituents is 2. The van der Waals surface area contributed by atoms with Gasteiger partial charge in [0.25, 0.3) is 11.4 Å². The monoisotopic (exact) mass is 349 g/mol. The van der Waals surface area contributed by atoms with Gasteiger partial charge in [0, 0.05) is 41.0 Å². The number of nitriles is 1. The Balaban J connectivity index is 0.000000816. The van der Waals surface area contributed by atoms with Crippen LogP contribution in [0.5, 0.6) is 0 Å². The first kappa shape index (κ1) is 18.5. The van der Waals surface area contributed by atoms with Gasteiger partial charge >= 0.3 is 0 Å². The van der Waals surface area contributed by atoms with Gasteiger partial charge in [-0.05, 0) is 24.3 Å². The third-order valence-electron chi connectivity index (χ3n) is 2.33. The van der Waals surface area contributed by atoms with Gasteiger partial charge in [0.05, 0.1) is 15.9 Å². The topological polar surface area (TPSA) is 110 Å². The quantitative estimate of drug-likeness (QED) is 0.431. The van der Waals surface area contributed by atoms with Crippen LogP contribution in [0.15, 0.2) is 58.3 Å². The van der Waals surface area contributed by atoms with E-state index >= 15 is 0 Å². The molecule has 0 fully saturated rings. The van der Waals surface area contributed by atoms with E-state index in [-0.39, 0.29) is 11.4 Å². The fourth-order valence-electron chi connectivity index (χ4n) is 1.34. The average molecular weight is 349 g/mol. The van der Waals surface area contributed by atoms with Crippen molar-refractivity contribution in [1.82, 2.24) is 0 Å². The molecule has 2 aromatic carbocycles. The van der Waals surface area contributed by atoms with Crippen LogP contribution < -0.4 is 0 Å². The van der Waals surface area contributed by atoms with Crippen LogP contribution in [0, 0.1) is 31.6 Å². The Kier molecular flexibility index (Phi) is 7.59. The lowest BCUT2D eigenvalue weighted by Gasteiger charge is -2.01. The predicted octanol–water partition coefficient (Wildman–Crippen LogP) is 4.83. The van der Waals surface area contributed by atoms with Crippen LogP contribution in [-0.2, 0) is 0 Å². The zero-order valence-electron chi connectivity index (χ0n) is 11.9. The van der Waals surface area contributed by atoms with E-state index in [0.29, 0.717) is 0 Å². The largest absolute Gasteiger partial charge is 0.269 e. The standard InChI is InChI=1S/C12H8N2O4S2.C2H3N/c15-13(16)9-1-5-11(6-2-9)19-20-12-7-3-10(4-8-12)14(17)18;1-2-3/h1-8H;1H3. The molecule has 0 saturated carbocycles. The summed E-state index contributed by atoms with van der Waals surface area (Å²) in [5.41, 5.74) is 0.101. The van der Waals surface area contributed by atoms with Crippen LogP contribution in [0.1, 0.15) is 6.92 Å². The van der Waals surface area contributed by atoms with Gasteiger partial charge in [0.1, 0.15) is 0 Å². The zero-order valence-corrected chi connectivity index (χ0v) is 13.5. The molecule has 0 heterocycles. The lowest BCUT2D eigenvalue weighted by molar-refractivity contribution is -0.385. The molecule has 0 aliphatic carbocycles. The summed E-state index contributed by atoms with van der Waals surface area (Å²) in [6.45, 7) is 1.43. The fraction of sp³-hybridized carbons (Fsp3) is 0.0714. The number of nitro groups is 2. The van der Waals surface area contributed by atoms with Crippen molar-refractivity contribution in [2.45, 2.75) is 16.7 Å². The second-order valence-electron chi connectivity index (χ2n) is 3.89. The number of non-ortho nitro benzene ring substituents is 2. The van der Waals surface area contributed by atoms with Crippen molar-refractivity contribution in [2.75, 3.05) is 0 Å². The van der Waals surface area contributed by atoms with E-state index in [4.69, 9.17) is 5.26 Å². The first-order valence-electron chi connectivity index (χ1n) is 6.12. The summed E-state index contributed by atoms with van der Waals surface area (Å²) in [7, 11) is 2.86. The fourth-order valence-corrected chi connectivity index (χ4v) is 3.27. The summed E-state index contributed by atoms with van der Waals surface area (Å²) in [5, 5.41) is 28.4. The normalized spacial score (nSPS) is 9.22. The molecule has 0 unspecified atom stereocenters. The van der Waals surface area contributed by atoms with Gasteiger partial charge in [-0.3, -0.25) is 20.2 Å². The van der Waals surface area contributed by atoms with Gasteiger partial charge in [0.15, 0.2) is 0 Å². The molecule has 118 valence electrons. The lowest BCUT2D eigenvalue weighted by atomic mass is 10.3. The Hall–Kier alpha value is -2.57. The summed E-state index contributed by atoms with van der Waals surface area (Å²) < 4.78 is 0. The molecule has 2 aromatic rings. The number of hydrogen-bond donors (Lipinski definition) is 0. The summed E-state index contributed by atoms with van der Waals surface area (Å²) in [4.78, 5) is 21.9. The molecule has 23 heavy (non-hydrogen) atoms. The number of hydrogen-bond acceptors (Lipinski definition) is 7. The molecule has 0 aliphatic rings. The number of rotatable bonds is 5. The highest BCUT2D eigenvalue weighted by Crippen LogP contribution is 2.38. The Labute approximate surface area is 140 Å². The predicted molar refractivity (Wildman–Crippen MR) is 89.2 cm³/mol. The third kappa shape index (κ3) is 6.37. The van der Waals surface area contributed by atoms with Crippen LogP contribution in [0.2, 0.25) is 0 Å². The second kappa shape index (κ2) is 9.45. The molecule has 2 rings (SSSR count). The molecule has 0 N–H and O–H groups in total. The smallest absolute Gasteiger partial charge is 0.258 e. The minimum atomic E-state index is -0.447.